The highest BCUT2D eigenvalue weighted by atomic mass is 16.6. The summed E-state index contributed by atoms with van der Waals surface area (Å²) < 4.78 is 37.1. The van der Waals surface area contributed by atoms with E-state index in [0.29, 0.717) is 0 Å². The van der Waals surface area contributed by atoms with Gasteiger partial charge in [0.05, 0.1) is 17.6 Å². The van der Waals surface area contributed by atoms with Crippen LogP contribution in [0.15, 0.2) is 54.6 Å². The molecule has 3 unspecified atom stereocenters. The molecule has 0 aliphatic heterocycles. The lowest BCUT2D eigenvalue weighted by Gasteiger charge is -2.44. The highest BCUT2D eigenvalue weighted by Gasteiger charge is 2.68. The van der Waals surface area contributed by atoms with E-state index in [1.807, 2.05) is 27.7 Å². The highest BCUT2D eigenvalue weighted by molar-refractivity contribution is 5.92. The Kier molecular flexibility index (Phi) is 14.4. The molecule has 0 aromatic heterocycles. The van der Waals surface area contributed by atoms with Crippen LogP contribution in [0.5, 0.6) is 0 Å². The van der Waals surface area contributed by atoms with Gasteiger partial charge in [0.25, 0.3) is 0 Å². The average Bonchev–Trinajstić information content (AvgIpc) is 3.27. The van der Waals surface area contributed by atoms with Gasteiger partial charge in [-0.15, -0.1) is 0 Å². The molecule has 2 aliphatic carbocycles. The van der Waals surface area contributed by atoms with E-state index in [4.69, 9.17) is 28.4 Å². The first-order valence-corrected chi connectivity index (χ1v) is 18.2. The third-order valence-corrected chi connectivity index (χ3v) is 9.58. The van der Waals surface area contributed by atoms with E-state index in [0.717, 1.165) is 0 Å². The first-order valence-electron chi connectivity index (χ1n) is 18.2. The molecule has 0 amide bonds. The minimum absolute atomic E-state index is 0.00668. The van der Waals surface area contributed by atoms with Gasteiger partial charge < -0.3 is 33.5 Å². The van der Waals surface area contributed by atoms with E-state index < -0.39 is 88.6 Å². The molecule has 3 rings (SSSR count). The van der Waals surface area contributed by atoms with Crippen LogP contribution >= 0.6 is 0 Å². The SMILES string of the molecule is C=C1C(OCC(C)C)C2[C@@H](OCC(C)C)[C@](C)(OC(C)=O)C[C@]2(O)C(=O)[C@@H](C)/C=C\C(C)(C)C(OC(C)=O)[C@H](OC(C)=O)[C@H]1OC(=O)c1ccccc1. The number of fused-ring (bicyclic) bond motifs is 1. The van der Waals surface area contributed by atoms with E-state index in [9.17, 15) is 29.1 Å². The van der Waals surface area contributed by atoms with E-state index in [1.54, 1.807) is 70.2 Å². The van der Waals surface area contributed by atoms with Crippen LogP contribution in [0.1, 0.15) is 92.9 Å². The molecular weight excluding hydrogens is 684 g/mol. The van der Waals surface area contributed by atoms with Crippen LogP contribution in [-0.4, -0.2) is 89.7 Å². The highest BCUT2D eigenvalue weighted by Crippen LogP contribution is 2.52. The van der Waals surface area contributed by atoms with Crippen molar-refractivity contribution < 1.29 is 57.5 Å². The van der Waals surface area contributed by atoms with Crippen molar-refractivity contribution in [2.75, 3.05) is 13.2 Å². The predicted molar refractivity (Wildman–Crippen MR) is 195 cm³/mol. The number of rotatable bonds is 11. The molecule has 0 saturated heterocycles. The summed E-state index contributed by atoms with van der Waals surface area (Å²) in [5.41, 5.74) is -4.79. The second-order valence-electron chi connectivity index (χ2n) is 16.0. The molecule has 12 nitrogen and oxygen atoms in total. The van der Waals surface area contributed by atoms with Gasteiger partial charge in [-0.25, -0.2) is 4.79 Å². The van der Waals surface area contributed by atoms with Crippen LogP contribution < -0.4 is 0 Å². The monoisotopic (exact) mass is 742 g/mol. The third kappa shape index (κ3) is 10.4. The van der Waals surface area contributed by atoms with Crippen LogP contribution in [-0.2, 0) is 47.6 Å². The molecule has 0 spiro atoms. The van der Waals surface area contributed by atoms with Gasteiger partial charge in [0.15, 0.2) is 24.1 Å². The number of hydrogen-bond donors (Lipinski definition) is 1. The van der Waals surface area contributed by atoms with E-state index in [-0.39, 0.29) is 42.6 Å². The summed E-state index contributed by atoms with van der Waals surface area (Å²) in [5.74, 6) is -5.86. The summed E-state index contributed by atoms with van der Waals surface area (Å²) in [6.45, 7) is 22.5. The molecule has 0 radical (unpaired) electrons. The number of ether oxygens (including phenoxy) is 6. The Bertz CT molecular complexity index is 1530. The van der Waals surface area contributed by atoms with E-state index in [1.165, 1.54) is 20.8 Å². The van der Waals surface area contributed by atoms with Crippen LogP contribution in [0.2, 0.25) is 0 Å². The van der Waals surface area contributed by atoms with Crippen molar-refractivity contribution in [2.45, 2.75) is 124 Å². The normalized spacial score (nSPS) is 32.2. The van der Waals surface area contributed by atoms with Crippen molar-refractivity contribution in [3.63, 3.8) is 0 Å². The molecule has 0 heterocycles. The Hall–Kier alpha value is -3.87. The Labute approximate surface area is 313 Å². The fraction of sp³-hybridized carbons (Fsp3) is 0.634. The smallest absolute Gasteiger partial charge is 0.338 e. The molecule has 0 bridgehead atoms. The summed E-state index contributed by atoms with van der Waals surface area (Å²) in [4.78, 5) is 66.9. The predicted octanol–water partition coefficient (Wildman–Crippen LogP) is 5.59. The zero-order chi connectivity index (χ0) is 40.1. The van der Waals surface area contributed by atoms with Gasteiger partial charge in [0, 0.05) is 51.7 Å². The van der Waals surface area contributed by atoms with E-state index >= 15 is 0 Å². The standard InChI is InChI=1S/C41H58O12/c1-23(2)20-48-32-26(6)33(52-38(46)30-16-14-13-15-17-30)34(50-27(7)42)37(51-28(8)43)39(10,11)19-18-25(5)35(45)41(47)22-40(12,53-29(9)44)36(31(32)41)49-21-24(3)4/h13-19,23-25,31-34,36-37,47H,6,20-22H2,1-5,7-12H3/b19-18-/t25-,31?,32?,33-,34+,36+,37?,40+,41+/m0/s1. The van der Waals surface area contributed by atoms with Crippen molar-refractivity contribution in [3.05, 3.63) is 60.2 Å². The van der Waals surface area contributed by atoms with Crippen LogP contribution in [0.3, 0.4) is 0 Å². The largest absolute Gasteiger partial charge is 0.458 e. The maximum atomic E-state index is 14.7. The zero-order valence-electron chi connectivity index (χ0n) is 33.0. The van der Waals surface area contributed by atoms with Crippen molar-refractivity contribution in [1.82, 2.24) is 0 Å². The topological polar surface area (TPSA) is 161 Å². The van der Waals surface area contributed by atoms with Gasteiger partial charge in [-0.3, -0.25) is 19.2 Å². The summed E-state index contributed by atoms with van der Waals surface area (Å²) >= 11 is 0. The molecular formula is C41H58O12. The molecule has 53 heavy (non-hydrogen) atoms. The van der Waals surface area contributed by atoms with Gasteiger partial charge >= 0.3 is 23.9 Å². The number of allylic oxidation sites excluding steroid dienone is 1. The molecule has 1 fully saturated rings. The molecule has 1 aromatic rings. The van der Waals surface area contributed by atoms with Crippen LogP contribution in [0.4, 0.5) is 0 Å². The quantitative estimate of drug-likeness (QED) is 0.170. The summed E-state index contributed by atoms with van der Waals surface area (Å²) in [5, 5.41) is 12.9. The number of carbonyl (C=O) groups is 5. The Balaban J connectivity index is 2.49. The first kappa shape index (κ1) is 43.5. The van der Waals surface area contributed by atoms with Crippen molar-refractivity contribution in [1.29, 1.82) is 0 Å². The molecule has 12 heteroatoms. The molecule has 2 aliphatic rings. The summed E-state index contributed by atoms with van der Waals surface area (Å²) in [6.07, 6.45) is -3.99. The summed E-state index contributed by atoms with van der Waals surface area (Å²) in [7, 11) is 0. The van der Waals surface area contributed by atoms with Gasteiger partial charge in [-0.1, -0.05) is 85.4 Å². The Morgan fingerprint density at radius 1 is 0.830 bits per heavy atom. The lowest BCUT2D eigenvalue weighted by Crippen LogP contribution is -2.58. The van der Waals surface area contributed by atoms with Gasteiger partial charge in [0.1, 0.15) is 17.3 Å². The number of Topliss-reactive ketones (excluding diaryl/α,β-unsaturated/α-hetero) is 1. The number of ketones is 1. The molecule has 294 valence electrons. The Morgan fingerprint density at radius 2 is 1.40 bits per heavy atom. The zero-order valence-corrected chi connectivity index (χ0v) is 33.0. The number of esters is 4. The molecule has 9 atom stereocenters. The molecule has 1 saturated carbocycles. The molecule has 1 aromatic carbocycles. The molecule has 1 N–H and O–H groups in total. The number of carbonyl (C=O) groups excluding carboxylic acids is 5. The van der Waals surface area contributed by atoms with E-state index in [2.05, 4.69) is 6.58 Å². The lowest BCUT2D eigenvalue weighted by atomic mass is 9.72. The van der Waals surface area contributed by atoms with Gasteiger partial charge in [0.2, 0.25) is 0 Å². The number of hydrogen-bond acceptors (Lipinski definition) is 12. The maximum absolute atomic E-state index is 14.7. The fourth-order valence-electron chi connectivity index (χ4n) is 7.32. The van der Waals surface area contributed by atoms with Crippen LogP contribution in [0.25, 0.3) is 0 Å². The second-order valence-corrected chi connectivity index (χ2v) is 16.0. The average molecular weight is 743 g/mol. The van der Waals surface area contributed by atoms with Gasteiger partial charge in [-0.05, 0) is 36.5 Å². The first-order chi connectivity index (χ1) is 24.5. The minimum Gasteiger partial charge on any atom is -0.458 e. The van der Waals surface area contributed by atoms with Crippen molar-refractivity contribution in [3.8, 4) is 0 Å². The van der Waals surface area contributed by atoms with Crippen molar-refractivity contribution >= 4 is 29.7 Å². The number of aliphatic hydroxyl groups is 1. The van der Waals surface area contributed by atoms with Crippen molar-refractivity contribution in [2.24, 2.45) is 29.1 Å². The second kappa shape index (κ2) is 17.5. The Morgan fingerprint density at radius 3 is 1.92 bits per heavy atom. The van der Waals surface area contributed by atoms with Crippen LogP contribution in [0, 0.1) is 29.1 Å². The minimum atomic E-state index is -2.25. The fourth-order valence-corrected chi connectivity index (χ4v) is 7.32. The lowest BCUT2D eigenvalue weighted by molar-refractivity contribution is -0.186. The van der Waals surface area contributed by atoms with Gasteiger partial charge in [-0.2, -0.15) is 0 Å². The third-order valence-electron chi connectivity index (χ3n) is 9.58. The summed E-state index contributed by atoms with van der Waals surface area (Å²) in [6, 6.07) is 8.11. The number of benzene rings is 1. The maximum Gasteiger partial charge on any atom is 0.338 e.